The Morgan fingerprint density at radius 1 is 1.20 bits per heavy atom. The summed E-state index contributed by atoms with van der Waals surface area (Å²) in [5, 5.41) is 8.27. The molecule has 0 saturated heterocycles. The van der Waals surface area contributed by atoms with Crippen LogP contribution in [0.3, 0.4) is 0 Å². The zero-order valence-electron chi connectivity index (χ0n) is 15.0. The van der Waals surface area contributed by atoms with Gasteiger partial charge in [-0.25, -0.2) is 9.78 Å². The number of pyridine rings is 1. The van der Waals surface area contributed by atoms with Crippen LogP contribution in [0.5, 0.6) is 5.88 Å². The lowest BCUT2D eigenvalue weighted by molar-refractivity contribution is -0.120. The molecule has 3 amide bonds. The van der Waals surface area contributed by atoms with Crippen LogP contribution in [0.15, 0.2) is 18.3 Å². The quantitative estimate of drug-likeness (QED) is 0.704. The van der Waals surface area contributed by atoms with E-state index in [1.165, 1.54) is 6.42 Å². The fourth-order valence-corrected chi connectivity index (χ4v) is 2.73. The van der Waals surface area contributed by atoms with E-state index < -0.39 is 0 Å². The van der Waals surface area contributed by atoms with Gasteiger partial charge in [0.15, 0.2) is 0 Å². The first-order chi connectivity index (χ1) is 12.0. The van der Waals surface area contributed by atoms with E-state index in [0.717, 1.165) is 31.2 Å². The Kier molecular flexibility index (Phi) is 7.50. The summed E-state index contributed by atoms with van der Waals surface area (Å²) in [6.07, 6.45) is 7.32. The molecule has 1 fully saturated rings. The van der Waals surface area contributed by atoms with Crippen LogP contribution in [0.1, 0.15) is 51.5 Å². The highest BCUT2D eigenvalue weighted by molar-refractivity contribution is 5.83. The molecule has 1 aromatic rings. The average molecular weight is 348 g/mol. The molecule has 138 valence electrons. The van der Waals surface area contributed by atoms with Crippen molar-refractivity contribution in [3.8, 4) is 5.88 Å². The van der Waals surface area contributed by atoms with Gasteiger partial charge in [-0.1, -0.05) is 25.3 Å². The molecule has 0 bridgehead atoms. The molecule has 1 aliphatic carbocycles. The Labute approximate surface area is 148 Å². The summed E-state index contributed by atoms with van der Waals surface area (Å²) >= 11 is 0. The van der Waals surface area contributed by atoms with Crippen LogP contribution in [0, 0.1) is 0 Å². The van der Waals surface area contributed by atoms with Crippen LogP contribution in [-0.2, 0) is 11.3 Å². The maximum atomic E-state index is 11.8. The molecule has 0 spiro atoms. The number of carbonyl (C=O) groups is 2. The van der Waals surface area contributed by atoms with Crippen molar-refractivity contribution < 1.29 is 14.3 Å². The van der Waals surface area contributed by atoms with Crippen molar-refractivity contribution in [1.82, 2.24) is 20.9 Å². The van der Waals surface area contributed by atoms with Gasteiger partial charge in [0, 0.05) is 24.8 Å². The molecular formula is C18H28N4O3. The fraction of sp³-hybridized carbons (Fsp3) is 0.611. The number of nitrogens with one attached hydrogen (secondary N) is 3. The van der Waals surface area contributed by atoms with Crippen molar-refractivity contribution in [3.63, 3.8) is 0 Å². The SMILES string of the molecule is CC(C)Oc1ccc(CNC(=O)CNC(=O)NC2CCCCC2)cn1. The molecule has 0 aromatic carbocycles. The largest absolute Gasteiger partial charge is 0.475 e. The van der Waals surface area contributed by atoms with Crippen LogP contribution >= 0.6 is 0 Å². The summed E-state index contributed by atoms with van der Waals surface area (Å²) in [5.74, 6) is 0.326. The summed E-state index contributed by atoms with van der Waals surface area (Å²) in [7, 11) is 0. The van der Waals surface area contributed by atoms with E-state index in [1.54, 1.807) is 12.3 Å². The van der Waals surface area contributed by atoms with Gasteiger partial charge in [-0.2, -0.15) is 0 Å². The minimum absolute atomic E-state index is 0.0411. The Morgan fingerprint density at radius 3 is 2.60 bits per heavy atom. The lowest BCUT2D eigenvalue weighted by Gasteiger charge is -2.22. The molecule has 1 aromatic heterocycles. The first-order valence-electron chi connectivity index (χ1n) is 8.95. The lowest BCUT2D eigenvalue weighted by Crippen LogP contribution is -2.46. The number of rotatable bonds is 7. The lowest BCUT2D eigenvalue weighted by atomic mass is 9.96. The Balaban J connectivity index is 1.63. The van der Waals surface area contributed by atoms with Crippen molar-refractivity contribution in [1.29, 1.82) is 0 Å². The first kappa shape index (κ1) is 19.0. The molecule has 1 heterocycles. The number of hydrogen-bond acceptors (Lipinski definition) is 4. The molecule has 25 heavy (non-hydrogen) atoms. The van der Waals surface area contributed by atoms with E-state index in [2.05, 4.69) is 20.9 Å². The van der Waals surface area contributed by atoms with Crippen molar-refractivity contribution in [2.45, 2.75) is 64.6 Å². The highest BCUT2D eigenvalue weighted by Gasteiger charge is 2.15. The van der Waals surface area contributed by atoms with Gasteiger partial charge in [0.1, 0.15) is 0 Å². The summed E-state index contributed by atoms with van der Waals surface area (Å²) in [6, 6.07) is 3.58. The number of amides is 3. The highest BCUT2D eigenvalue weighted by Crippen LogP contribution is 2.17. The molecule has 0 atom stereocenters. The number of nitrogens with zero attached hydrogens (tertiary/aromatic N) is 1. The minimum Gasteiger partial charge on any atom is -0.475 e. The molecule has 2 rings (SSSR count). The Morgan fingerprint density at radius 2 is 1.96 bits per heavy atom. The van der Waals surface area contributed by atoms with Crippen molar-refractivity contribution >= 4 is 11.9 Å². The van der Waals surface area contributed by atoms with E-state index in [9.17, 15) is 9.59 Å². The molecule has 7 nitrogen and oxygen atoms in total. The monoisotopic (exact) mass is 348 g/mol. The fourth-order valence-electron chi connectivity index (χ4n) is 2.73. The second-order valence-electron chi connectivity index (χ2n) is 6.61. The van der Waals surface area contributed by atoms with Gasteiger partial charge in [-0.3, -0.25) is 4.79 Å². The number of carbonyl (C=O) groups excluding carboxylic acids is 2. The van der Waals surface area contributed by atoms with Crippen LogP contribution in [0.4, 0.5) is 4.79 Å². The van der Waals surface area contributed by atoms with E-state index in [4.69, 9.17) is 4.74 Å². The number of aromatic nitrogens is 1. The van der Waals surface area contributed by atoms with Gasteiger partial charge in [0.05, 0.1) is 12.6 Å². The highest BCUT2D eigenvalue weighted by atomic mass is 16.5. The van der Waals surface area contributed by atoms with E-state index in [1.807, 2.05) is 19.9 Å². The van der Waals surface area contributed by atoms with Crippen LogP contribution in [0.25, 0.3) is 0 Å². The van der Waals surface area contributed by atoms with Crippen molar-refractivity contribution in [2.75, 3.05) is 6.54 Å². The van der Waals surface area contributed by atoms with Gasteiger partial charge >= 0.3 is 6.03 Å². The summed E-state index contributed by atoms with van der Waals surface area (Å²) in [4.78, 5) is 27.8. The van der Waals surface area contributed by atoms with E-state index in [-0.39, 0.29) is 30.6 Å². The second-order valence-corrected chi connectivity index (χ2v) is 6.61. The molecule has 0 unspecified atom stereocenters. The van der Waals surface area contributed by atoms with Gasteiger partial charge in [-0.15, -0.1) is 0 Å². The predicted octanol–water partition coefficient (Wildman–Crippen LogP) is 2.12. The predicted molar refractivity (Wildman–Crippen MR) is 95.3 cm³/mol. The molecule has 1 aliphatic rings. The Hall–Kier alpha value is -2.31. The Bertz CT molecular complexity index is 554. The number of ether oxygens (including phenoxy) is 1. The molecule has 1 saturated carbocycles. The van der Waals surface area contributed by atoms with Gasteiger partial charge < -0.3 is 20.7 Å². The second kappa shape index (κ2) is 9.86. The molecular weight excluding hydrogens is 320 g/mol. The van der Waals surface area contributed by atoms with E-state index >= 15 is 0 Å². The van der Waals surface area contributed by atoms with E-state index in [0.29, 0.717) is 12.4 Å². The summed E-state index contributed by atoms with van der Waals surface area (Å²) < 4.78 is 5.47. The van der Waals surface area contributed by atoms with Crippen molar-refractivity contribution in [2.24, 2.45) is 0 Å². The smallest absolute Gasteiger partial charge is 0.315 e. The molecule has 3 N–H and O–H groups in total. The third kappa shape index (κ3) is 7.41. The molecule has 7 heteroatoms. The zero-order valence-corrected chi connectivity index (χ0v) is 15.0. The topological polar surface area (TPSA) is 92.4 Å². The molecule has 0 radical (unpaired) electrons. The molecule has 0 aliphatic heterocycles. The standard InChI is InChI=1S/C18H28N4O3/c1-13(2)25-17-9-8-14(11-20-17)10-19-16(23)12-21-18(24)22-15-6-4-3-5-7-15/h8-9,11,13,15H,3-7,10,12H2,1-2H3,(H,19,23)(H2,21,22,24). The maximum Gasteiger partial charge on any atom is 0.315 e. The number of hydrogen-bond donors (Lipinski definition) is 3. The van der Waals surface area contributed by atoms with Gasteiger partial charge in [-0.05, 0) is 32.3 Å². The van der Waals surface area contributed by atoms with Crippen molar-refractivity contribution in [3.05, 3.63) is 23.9 Å². The third-order valence-electron chi connectivity index (χ3n) is 3.99. The maximum absolute atomic E-state index is 11.8. The number of urea groups is 1. The van der Waals surface area contributed by atoms with Gasteiger partial charge in [0.25, 0.3) is 0 Å². The third-order valence-corrected chi connectivity index (χ3v) is 3.99. The van der Waals surface area contributed by atoms with Gasteiger partial charge in [0.2, 0.25) is 11.8 Å². The van der Waals surface area contributed by atoms with Crippen LogP contribution in [0.2, 0.25) is 0 Å². The van der Waals surface area contributed by atoms with Crippen LogP contribution < -0.4 is 20.7 Å². The minimum atomic E-state index is -0.279. The first-order valence-corrected chi connectivity index (χ1v) is 8.95. The summed E-state index contributed by atoms with van der Waals surface area (Å²) in [5.41, 5.74) is 0.871. The normalized spacial score (nSPS) is 14.8. The van der Waals surface area contributed by atoms with Crippen LogP contribution in [-0.4, -0.2) is 35.6 Å². The summed E-state index contributed by atoms with van der Waals surface area (Å²) in [6.45, 7) is 4.20. The average Bonchev–Trinajstić information content (AvgIpc) is 2.60. The zero-order chi connectivity index (χ0) is 18.1.